The number of para-hydroxylation sites is 2. The van der Waals surface area contributed by atoms with Gasteiger partial charge in [-0.25, -0.2) is 0 Å². The van der Waals surface area contributed by atoms with Gasteiger partial charge in [0.25, 0.3) is 0 Å². The predicted octanol–water partition coefficient (Wildman–Crippen LogP) is 13.1. The average Bonchev–Trinajstić information content (AvgIpc) is 3.85. The van der Waals surface area contributed by atoms with Gasteiger partial charge in [0.15, 0.2) is 0 Å². The highest BCUT2D eigenvalue weighted by molar-refractivity contribution is 6.27. The predicted molar refractivity (Wildman–Crippen MR) is 213 cm³/mol. The van der Waals surface area contributed by atoms with Gasteiger partial charge in [-0.3, -0.25) is 0 Å². The normalized spacial score (nSPS) is 11.9. The zero-order chi connectivity index (χ0) is 33.5. The minimum absolute atomic E-state index is 0.896. The van der Waals surface area contributed by atoms with Crippen LogP contribution in [0.5, 0.6) is 0 Å². The minimum atomic E-state index is 0.896. The van der Waals surface area contributed by atoms with E-state index in [1.165, 1.54) is 60.3 Å². The van der Waals surface area contributed by atoms with Crippen molar-refractivity contribution in [3.05, 3.63) is 182 Å². The lowest BCUT2D eigenvalue weighted by Gasteiger charge is -2.10. The highest BCUT2D eigenvalue weighted by Crippen LogP contribution is 2.44. The number of nitrogens with zero attached hydrogens (tertiary/aromatic N) is 2. The maximum Gasteiger partial charge on any atom is 0.135 e. The van der Waals surface area contributed by atoms with Gasteiger partial charge >= 0.3 is 0 Å². The van der Waals surface area contributed by atoms with Crippen LogP contribution in [0.2, 0.25) is 0 Å². The molecule has 11 rings (SSSR count). The average molecular weight is 651 g/mol. The van der Waals surface area contributed by atoms with Crippen molar-refractivity contribution in [2.24, 2.45) is 0 Å². The summed E-state index contributed by atoms with van der Waals surface area (Å²) in [5.74, 6) is 0. The summed E-state index contributed by atoms with van der Waals surface area (Å²) in [6.45, 7) is 0. The molecule has 0 unspecified atom stereocenters. The van der Waals surface area contributed by atoms with Crippen molar-refractivity contribution in [3.63, 3.8) is 0 Å². The molecule has 0 amide bonds. The Labute approximate surface area is 293 Å². The second kappa shape index (κ2) is 10.8. The molecule has 0 spiro atoms. The molecule has 238 valence electrons. The first kappa shape index (κ1) is 28.0. The van der Waals surface area contributed by atoms with Crippen LogP contribution in [0.3, 0.4) is 0 Å². The van der Waals surface area contributed by atoms with Crippen molar-refractivity contribution in [2.45, 2.75) is 0 Å². The zero-order valence-electron chi connectivity index (χ0n) is 27.6. The molecule has 51 heavy (non-hydrogen) atoms. The van der Waals surface area contributed by atoms with Crippen LogP contribution in [0.15, 0.2) is 186 Å². The Morgan fingerprint density at radius 3 is 1.63 bits per heavy atom. The van der Waals surface area contributed by atoms with E-state index in [1.54, 1.807) is 0 Å². The third kappa shape index (κ3) is 4.19. The van der Waals surface area contributed by atoms with E-state index in [9.17, 15) is 0 Å². The smallest absolute Gasteiger partial charge is 0.135 e. The van der Waals surface area contributed by atoms with Crippen molar-refractivity contribution in [1.29, 1.82) is 0 Å². The van der Waals surface area contributed by atoms with Gasteiger partial charge in [0, 0.05) is 43.7 Å². The molecule has 3 heteroatoms. The fourth-order valence-corrected chi connectivity index (χ4v) is 8.21. The molecule has 11 aromatic rings. The molecule has 3 nitrogen and oxygen atoms in total. The number of aromatic nitrogens is 2. The molecule has 0 aliphatic rings. The summed E-state index contributed by atoms with van der Waals surface area (Å²) in [6, 6.07) is 65.6. The van der Waals surface area contributed by atoms with Gasteiger partial charge in [0.2, 0.25) is 0 Å². The van der Waals surface area contributed by atoms with Crippen molar-refractivity contribution < 1.29 is 4.42 Å². The number of hydrogen-bond acceptors (Lipinski definition) is 1. The summed E-state index contributed by atoms with van der Waals surface area (Å²) in [5, 5.41) is 7.17. The molecule has 0 N–H and O–H groups in total. The van der Waals surface area contributed by atoms with Crippen LogP contribution >= 0.6 is 0 Å². The van der Waals surface area contributed by atoms with Crippen molar-refractivity contribution in [3.8, 4) is 33.6 Å². The van der Waals surface area contributed by atoms with Gasteiger partial charge in [0.1, 0.15) is 11.2 Å². The van der Waals surface area contributed by atoms with E-state index in [2.05, 4.69) is 179 Å². The molecule has 3 heterocycles. The maximum atomic E-state index is 6.25. The standard InChI is InChI=1S/C48H30N2O/c1-4-12-31(13-5-1)33-20-24-42-39(28-33)38-23-26-44-47(48(38)50(42)35-16-8-3-9-17-35)41-29-34(32-14-6-2-7-15-32)21-25-43(41)49(44)36-22-27-46-40(30-36)37-18-10-11-19-45(37)51-46/h1-30H. The first-order valence-corrected chi connectivity index (χ1v) is 17.4. The molecule has 0 bridgehead atoms. The second-order valence-corrected chi connectivity index (χ2v) is 13.3. The van der Waals surface area contributed by atoms with E-state index in [4.69, 9.17) is 4.42 Å². The van der Waals surface area contributed by atoms with E-state index in [-0.39, 0.29) is 0 Å². The molecule has 0 atom stereocenters. The Kier molecular flexibility index (Phi) is 5.96. The summed E-state index contributed by atoms with van der Waals surface area (Å²) in [5.41, 5.74) is 13.6. The van der Waals surface area contributed by atoms with E-state index in [0.29, 0.717) is 0 Å². The van der Waals surface area contributed by atoms with Gasteiger partial charge in [-0.1, -0.05) is 115 Å². The van der Waals surface area contributed by atoms with Gasteiger partial charge in [-0.2, -0.15) is 0 Å². The van der Waals surface area contributed by atoms with Gasteiger partial charge in [-0.15, -0.1) is 0 Å². The van der Waals surface area contributed by atoms with Crippen LogP contribution in [-0.2, 0) is 0 Å². The SMILES string of the molecule is c1ccc(-c2ccc3c(c2)c2c(ccc4c5cc(-c6ccccc6)ccc5n(-c5ccccc5)c42)n3-c2ccc3oc4ccccc4c3c2)cc1. The van der Waals surface area contributed by atoms with Crippen LogP contribution in [0.4, 0.5) is 0 Å². The Hall–Kier alpha value is -6.84. The van der Waals surface area contributed by atoms with Crippen LogP contribution in [0.25, 0.3) is 99.2 Å². The third-order valence-electron chi connectivity index (χ3n) is 10.5. The number of fused-ring (bicyclic) bond motifs is 10. The second-order valence-electron chi connectivity index (χ2n) is 13.3. The Bertz CT molecular complexity index is 3110. The Morgan fingerprint density at radius 2 is 0.902 bits per heavy atom. The molecule has 0 saturated heterocycles. The van der Waals surface area contributed by atoms with Crippen LogP contribution in [0, 0.1) is 0 Å². The fraction of sp³-hybridized carbons (Fsp3) is 0. The lowest BCUT2D eigenvalue weighted by atomic mass is 10.0. The summed E-state index contributed by atoms with van der Waals surface area (Å²) >= 11 is 0. The molecule has 0 fully saturated rings. The highest BCUT2D eigenvalue weighted by atomic mass is 16.3. The molecular formula is C48H30N2O. The highest BCUT2D eigenvalue weighted by Gasteiger charge is 2.22. The molecule has 3 aromatic heterocycles. The van der Waals surface area contributed by atoms with E-state index in [1.807, 2.05) is 12.1 Å². The molecular weight excluding hydrogens is 621 g/mol. The van der Waals surface area contributed by atoms with Crippen LogP contribution < -0.4 is 0 Å². The molecule has 0 aliphatic carbocycles. The topological polar surface area (TPSA) is 23.0 Å². The van der Waals surface area contributed by atoms with Crippen LogP contribution in [-0.4, -0.2) is 9.13 Å². The van der Waals surface area contributed by atoms with E-state index >= 15 is 0 Å². The number of benzene rings is 8. The molecule has 0 aliphatic heterocycles. The summed E-state index contributed by atoms with van der Waals surface area (Å²) in [7, 11) is 0. The monoisotopic (exact) mass is 650 g/mol. The third-order valence-corrected chi connectivity index (χ3v) is 10.5. The number of hydrogen-bond donors (Lipinski definition) is 0. The Balaban J connectivity index is 1.30. The first-order chi connectivity index (χ1) is 25.3. The van der Waals surface area contributed by atoms with Gasteiger partial charge in [-0.05, 0) is 89.0 Å². The van der Waals surface area contributed by atoms with Gasteiger partial charge in [0.05, 0.1) is 22.1 Å². The zero-order valence-corrected chi connectivity index (χ0v) is 27.6. The van der Waals surface area contributed by atoms with Crippen molar-refractivity contribution in [2.75, 3.05) is 0 Å². The lowest BCUT2D eigenvalue weighted by molar-refractivity contribution is 0.669. The summed E-state index contributed by atoms with van der Waals surface area (Å²) in [4.78, 5) is 0. The fourth-order valence-electron chi connectivity index (χ4n) is 8.21. The molecule has 0 saturated carbocycles. The Morgan fingerprint density at radius 1 is 0.314 bits per heavy atom. The number of furan rings is 1. The largest absolute Gasteiger partial charge is 0.456 e. The van der Waals surface area contributed by atoms with Crippen molar-refractivity contribution >= 4 is 65.6 Å². The minimum Gasteiger partial charge on any atom is -0.456 e. The maximum absolute atomic E-state index is 6.25. The molecule has 0 radical (unpaired) electrons. The van der Waals surface area contributed by atoms with E-state index in [0.717, 1.165) is 38.8 Å². The quantitative estimate of drug-likeness (QED) is 0.186. The van der Waals surface area contributed by atoms with E-state index < -0.39 is 0 Å². The lowest BCUT2D eigenvalue weighted by Crippen LogP contribution is -1.95. The first-order valence-electron chi connectivity index (χ1n) is 17.4. The van der Waals surface area contributed by atoms with Gasteiger partial charge < -0.3 is 13.6 Å². The summed E-state index contributed by atoms with van der Waals surface area (Å²) < 4.78 is 11.1. The van der Waals surface area contributed by atoms with Crippen molar-refractivity contribution in [1.82, 2.24) is 9.13 Å². The molecule has 8 aromatic carbocycles. The van der Waals surface area contributed by atoms with Crippen LogP contribution in [0.1, 0.15) is 0 Å². The summed E-state index contributed by atoms with van der Waals surface area (Å²) in [6.07, 6.45) is 0. The number of rotatable bonds is 4.